The largest absolute Gasteiger partial charge is 0.315 e. The molecule has 0 radical (unpaired) electrons. The maximum Gasteiger partial charge on any atom is 0.151 e. The lowest BCUT2D eigenvalue weighted by Crippen LogP contribution is -2.26. The minimum absolute atomic E-state index is 0.228. The number of nitrogens with zero attached hydrogens (tertiary/aromatic N) is 2. The van der Waals surface area contributed by atoms with Crippen molar-refractivity contribution in [3.63, 3.8) is 0 Å². The summed E-state index contributed by atoms with van der Waals surface area (Å²) in [5.74, 6) is 0.517. The van der Waals surface area contributed by atoms with Crippen LogP contribution in [0.2, 0.25) is 0 Å². The number of sulfone groups is 1. The van der Waals surface area contributed by atoms with Crippen LogP contribution < -0.4 is 5.32 Å². The van der Waals surface area contributed by atoms with Crippen LogP contribution in [0.3, 0.4) is 0 Å². The van der Waals surface area contributed by atoms with Crippen LogP contribution in [0.25, 0.3) is 0 Å². The van der Waals surface area contributed by atoms with Gasteiger partial charge in [0.25, 0.3) is 0 Å². The van der Waals surface area contributed by atoms with Gasteiger partial charge in [0.1, 0.15) is 0 Å². The van der Waals surface area contributed by atoms with E-state index in [9.17, 15) is 8.42 Å². The summed E-state index contributed by atoms with van der Waals surface area (Å²) in [5, 5.41) is 7.22. The molecule has 0 saturated carbocycles. The molecule has 0 aromatic carbocycles. The predicted molar refractivity (Wildman–Crippen MR) is 68.7 cm³/mol. The minimum atomic E-state index is -2.85. The second-order valence-corrected chi connectivity index (χ2v) is 6.40. The van der Waals surface area contributed by atoms with Gasteiger partial charge in [-0.15, -0.1) is 0 Å². The van der Waals surface area contributed by atoms with Crippen molar-refractivity contribution < 1.29 is 8.42 Å². The van der Waals surface area contributed by atoms with E-state index in [1.54, 1.807) is 6.20 Å². The van der Waals surface area contributed by atoms with E-state index >= 15 is 0 Å². The molecule has 0 amide bonds. The van der Waals surface area contributed by atoms with Crippen molar-refractivity contribution in [1.82, 2.24) is 15.1 Å². The molecule has 0 saturated heterocycles. The first-order valence-corrected chi connectivity index (χ1v) is 7.75. The van der Waals surface area contributed by atoms with Crippen LogP contribution in [-0.2, 0) is 23.3 Å². The number of rotatable bonds is 8. The molecular formula is C11H21N3O2S. The highest BCUT2D eigenvalue weighted by Gasteiger charge is 2.08. The number of aryl methyl sites for hydroxylation is 1. The molecule has 0 unspecified atom stereocenters. The Kier molecular flexibility index (Phi) is 5.64. The highest BCUT2D eigenvalue weighted by Crippen LogP contribution is 1.96. The molecule has 0 aliphatic rings. The van der Waals surface area contributed by atoms with E-state index in [1.165, 1.54) is 0 Å². The molecule has 0 aliphatic carbocycles. The van der Waals surface area contributed by atoms with Crippen LogP contribution in [0.5, 0.6) is 0 Å². The Balaban J connectivity index is 2.15. The smallest absolute Gasteiger partial charge is 0.151 e. The van der Waals surface area contributed by atoms with E-state index in [-0.39, 0.29) is 11.5 Å². The third-order valence-corrected chi connectivity index (χ3v) is 4.44. The summed E-state index contributed by atoms with van der Waals surface area (Å²) in [7, 11) is -0.950. The van der Waals surface area contributed by atoms with Gasteiger partial charge in [-0.3, -0.25) is 4.68 Å². The fraction of sp³-hybridized carbons (Fsp3) is 0.727. The zero-order valence-corrected chi connectivity index (χ0v) is 11.3. The Morgan fingerprint density at radius 3 is 2.71 bits per heavy atom. The monoisotopic (exact) mass is 259 g/mol. The molecule has 5 nitrogen and oxygen atoms in total. The van der Waals surface area contributed by atoms with Crippen molar-refractivity contribution in [3.05, 3.63) is 18.0 Å². The van der Waals surface area contributed by atoms with Crippen LogP contribution in [0.15, 0.2) is 12.3 Å². The number of hydrogen-bond donors (Lipinski definition) is 1. The SMILES string of the molecule is CCCS(=O)(=O)CCNCCc1ccnn1C. The van der Waals surface area contributed by atoms with Gasteiger partial charge < -0.3 is 5.32 Å². The summed E-state index contributed by atoms with van der Waals surface area (Å²) in [6.07, 6.45) is 3.32. The molecule has 0 fully saturated rings. The lowest BCUT2D eigenvalue weighted by molar-refractivity contribution is 0.588. The molecule has 1 aromatic rings. The van der Waals surface area contributed by atoms with E-state index in [0.29, 0.717) is 13.0 Å². The van der Waals surface area contributed by atoms with Gasteiger partial charge in [-0.25, -0.2) is 8.42 Å². The number of aromatic nitrogens is 2. The molecule has 98 valence electrons. The zero-order chi connectivity index (χ0) is 12.7. The molecule has 0 aliphatic heterocycles. The van der Waals surface area contributed by atoms with E-state index < -0.39 is 9.84 Å². The third-order valence-electron chi connectivity index (χ3n) is 2.59. The predicted octanol–water partition coefficient (Wildman–Crippen LogP) is 0.377. The maximum absolute atomic E-state index is 11.4. The molecule has 1 heterocycles. The number of hydrogen-bond acceptors (Lipinski definition) is 4. The van der Waals surface area contributed by atoms with Crippen LogP contribution in [-0.4, -0.2) is 42.8 Å². The molecule has 0 spiro atoms. The maximum atomic E-state index is 11.4. The topological polar surface area (TPSA) is 64.0 Å². The molecular weight excluding hydrogens is 238 g/mol. The van der Waals surface area contributed by atoms with Crippen LogP contribution in [0.4, 0.5) is 0 Å². The first-order valence-electron chi connectivity index (χ1n) is 5.93. The summed E-state index contributed by atoms with van der Waals surface area (Å²) in [6, 6.07) is 1.97. The van der Waals surface area contributed by atoms with Crippen LogP contribution in [0, 0.1) is 0 Å². The third kappa shape index (κ3) is 5.32. The standard InChI is InChI=1S/C11H21N3O2S/c1-3-9-17(15,16)10-8-12-6-4-11-5-7-13-14(11)2/h5,7,12H,3-4,6,8-10H2,1-2H3. The highest BCUT2D eigenvalue weighted by atomic mass is 32.2. The van der Waals surface area contributed by atoms with E-state index in [1.807, 2.05) is 24.7 Å². The normalized spacial score (nSPS) is 11.9. The minimum Gasteiger partial charge on any atom is -0.315 e. The quantitative estimate of drug-likeness (QED) is 0.685. The van der Waals surface area contributed by atoms with Crippen LogP contribution >= 0.6 is 0 Å². The Morgan fingerprint density at radius 1 is 1.35 bits per heavy atom. The van der Waals surface area contributed by atoms with E-state index in [4.69, 9.17) is 0 Å². The molecule has 17 heavy (non-hydrogen) atoms. The fourth-order valence-electron chi connectivity index (χ4n) is 1.63. The van der Waals surface area contributed by atoms with Gasteiger partial charge in [0.15, 0.2) is 9.84 Å². The average molecular weight is 259 g/mol. The van der Waals surface area contributed by atoms with Gasteiger partial charge in [-0.05, 0) is 12.5 Å². The molecule has 1 rings (SSSR count). The van der Waals surface area contributed by atoms with E-state index in [2.05, 4.69) is 10.4 Å². The summed E-state index contributed by atoms with van der Waals surface area (Å²) >= 11 is 0. The summed E-state index contributed by atoms with van der Waals surface area (Å²) in [6.45, 7) is 3.19. The summed E-state index contributed by atoms with van der Waals surface area (Å²) in [4.78, 5) is 0. The van der Waals surface area contributed by atoms with Crippen molar-refractivity contribution in [3.8, 4) is 0 Å². The van der Waals surface area contributed by atoms with Gasteiger partial charge in [-0.2, -0.15) is 5.10 Å². The fourth-order valence-corrected chi connectivity index (χ4v) is 2.91. The van der Waals surface area contributed by atoms with Crippen molar-refractivity contribution in [2.75, 3.05) is 24.6 Å². The van der Waals surface area contributed by atoms with Gasteiger partial charge >= 0.3 is 0 Å². The first-order chi connectivity index (χ1) is 8.05. The Labute approximate surface area is 103 Å². The van der Waals surface area contributed by atoms with Gasteiger partial charge in [0, 0.05) is 44.2 Å². The number of nitrogens with one attached hydrogen (secondary N) is 1. The zero-order valence-electron chi connectivity index (χ0n) is 10.5. The second-order valence-electron chi connectivity index (χ2n) is 4.10. The van der Waals surface area contributed by atoms with Gasteiger partial charge in [0.2, 0.25) is 0 Å². The molecule has 6 heteroatoms. The van der Waals surface area contributed by atoms with E-state index in [0.717, 1.165) is 18.7 Å². The molecule has 1 aromatic heterocycles. The van der Waals surface area contributed by atoms with Crippen LogP contribution in [0.1, 0.15) is 19.0 Å². The average Bonchev–Trinajstić information content (AvgIpc) is 2.63. The lowest BCUT2D eigenvalue weighted by Gasteiger charge is -2.05. The summed E-state index contributed by atoms with van der Waals surface area (Å²) < 4.78 is 24.7. The van der Waals surface area contributed by atoms with Gasteiger partial charge in [0.05, 0.1) is 5.75 Å². The summed E-state index contributed by atoms with van der Waals surface area (Å²) in [5.41, 5.74) is 1.15. The first kappa shape index (κ1) is 14.2. The van der Waals surface area contributed by atoms with Gasteiger partial charge in [-0.1, -0.05) is 6.92 Å². The Bertz CT molecular complexity index is 426. The second kappa shape index (κ2) is 6.76. The van der Waals surface area contributed by atoms with Crippen molar-refractivity contribution in [1.29, 1.82) is 0 Å². The van der Waals surface area contributed by atoms with Crippen molar-refractivity contribution in [2.24, 2.45) is 7.05 Å². The Hall–Kier alpha value is -0.880. The molecule has 0 atom stereocenters. The van der Waals surface area contributed by atoms with Crippen molar-refractivity contribution >= 4 is 9.84 Å². The lowest BCUT2D eigenvalue weighted by atomic mass is 10.3. The molecule has 1 N–H and O–H groups in total. The highest BCUT2D eigenvalue weighted by molar-refractivity contribution is 7.91. The molecule has 0 bridgehead atoms. The van der Waals surface area contributed by atoms with Crippen molar-refractivity contribution in [2.45, 2.75) is 19.8 Å². The Morgan fingerprint density at radius 2 is 2.12 bits per heavy atom.